The first-order chi connectivity index (χ1) is 18.4. The number of pyridine rings is 1. The number of methoxy groups -OCH3 is 1. The summed E-state index contributed by atoms with van der Waals surface area (Å²) in [7, 11) is 1.44. The van der Waals surface area contributed by atoms with Crippen LogP contribution >= 0.6 is 11.6 Å². The summed E-state index contributed by atoms with van der Waals surface area (Å²) in [6.45, 7) is 0.393. The fraction of sp³-hybridized carbons (Fsp3) is 0.0714. The van der Waals surface area contributed by atoms with Gasteiger partial charge in [-0.1, -0.05) is 41.9 Å². The summed E-state index contributed by atoms with van der Waals surface area (Å²) < 4.78 is 11.3. The van der Waals surface area contributed by atoms with Crippen LogP contribution in [-0.4, -0.2) is 18.0 Å². The third-order valence-corrected chi connectivity index (χ3v) is 6.25. The number of carbonyl (C=O) groups excluding carboxylic acids is 1. The number of primary amides is 1. The molecular formula is C28H21ClN4O5. The van der Waals surface area contributed by atoms with E-state index in [9.17, 15) is 14.4 Å². The van der Waals surface area contributed by atoms with E-state index >= 15 is 0 Å². The number of ether oxygens (including phenoxy) is 2. The minimum absolute atomic E-state index is 0.148. The number of aromatic nitrogens is 1. The summed E-state index contributed by atoms with van der Waals surface area (Å²) in [6.07, 6.45) is 1.56. The number of halogens is 1. The second-order valence-corrected chi connectivity index (χ2v) is 8.77. The van der Waals surface area contributed by atoms with Crippen molar-refractivity contribution in [2.45, 2.75) is 6.54 Å². The largest absolute Gasteiger partial charge is 0.496 e. The van der Waals surface area contributed by atoms with E-state index in [0.29, 0.717) is 40.4 Å². The van der Waals surface area contributed by atoms with E-state index in [1.807, 2.05) is 30.3 Å². The first-order valence-electron chi connectivity index (χ1n) is 11.5. The zero-order valence-corrected chi connectivity index (χ0v) is 20.8. The molecule has 0 aliphatic carbocycles. The van der Waals surface area contributed by atoms with Crippen LogP contribution < -0.4 is 36.7 Å². The Morgan fingerprint density at radius 2 is 1.74 bits per heavy atom. The monoisotopic (exact) mass is 528 g/mol. The summed E-state index contributed by atoms with van der Waals surface area (Å²) in [5.74, 6) is 0.487. The summed E-state index contributed by atoms with van der Waals surface area (Å²) >= 11 is 6.48. The highest BCUT2D eigenvalue weighted by molar-refractivity contribution is 6.33. The Labute approximate surface area is 221 Å². The first kappa shape index (κ1) is 24.8. The molecule has 0 atom stereocenters. The van der Waals surface area contributed by atoms with E-state index in [1.165, 1.54) is 7.11 Å². The topological polar surface area (TPSA) is 133 Å². The van der Waals surface area contributed by atoms with Crippen LogP contribution in [0.15, 0.2) is 82.5 Å². The fourth-order valence-electron chi connectivity index (χ4n) is 3.99. The van der Waals surface area contributed by atoms with E-state index < -0.39 is 16.8 Å². The molecule has 0 spiro atoms. The van der Waals surface area contributed by atoms with Gasteiger partial charge in [0.1, 0.15) is 28.6 Å². The Kier molecular flexibility index (Phi) is 6.68. The number of carbonyl (C=O) groups is 1. The third-order valence-electron chi connectivity index (χ3n) is 5.94. The van der Waals surface area contributed by atoms with Crippen molar-refractivity contribution < 1.29 is 14.3 Å². The average molecular weight is 529 g/mol. The molecule has 0 aliphatic heterocycles. The van der Waals surface area contributed by atoms with Crippen molar-refractivity contribution in [2.75, 3.05) is 17.7 Å². The summed E-state index contributed by atoms with van der Waals surface area (Å²) in [5, 5.41) is 6.79. The molecule has 0 radical (unpaired) electrons. The molecule has 1 aromatic heterocycles. The van der Waals surface area contributed by atoms with Gasteiger partial charge in [-0.3, -0.25) is 19.4 Å². The van der Waals surface area contributed by atoms with Crippen LogP contribution in [0.1, 0.15) is 15.9 Å². The predicted molar refractivity (Wildman–Crippen MR) is 147 cm³/mol. The molecule has 0 aliphatic rings. The van der Waals surface area contributed by atoms with Gasteiger partial charge < -0.3 is 25.8 Å². The standard InChI is InChI=1S/C28H21ClN4O5/c1-37-23-13-21-17(12-18(23)28(30)36)22(9-10-31-21)38-16-7-8-20(19(29)11-16)33-25-24(26(34)27(25)35)32-14-15-5-3-2-4-6-15/h2-13,32-33H,14H2,1H3,(H2,30,36). The second kappa shape index (κ2) is 10.2. The molecule has 5 aromatic rings. The highest BCUT2D eigenvalue weighted by Crippen LogP contribution is 2.36. The number of hydrogen-bond acceptors (Lipinski definition) is 8. The highest BCUT2D eigenvalue weighted by atomic mass is 35.5. The van der Waals surface area contributed by atoms with E-state index in [-0.39, 0.29) is 22.0 Å². The minimum atomic E-state index is -0.645. The zero-order valence-electron chi connectivity index (χ0n) is 20.1. The molecule has 190 valence electrons. The number of nitrogens with two attached hydrogens (primary N) is 1. The molecular weight excluding hydrogens is 508 g/mol. The van der Waals surface area contributed by atoms with Crippen LogP contribution in [0.2, 0.25) is 5.02 Å². The van der Waals surface area contributed by atoms with Crippen molar-refractivity contribution in [1.82, 2.24) is 4.98 Å². The maximum atomic E-state index is 12.2. The molecule has 38 heavy (non-hydrogen) atoms. The Hall–Kier alpha value is -4.89. The van der Waals surface area contributed by atoms with Gasteiger partial charge in [-0.15, -0.1) is 0 Å². The smallest absolute Gasteiger partial charge is 0.253 e. The molecule has 4 aromatic carbocycles. The normalized spacial score (nSPS) is 10.9. The van der Waals surface area contributed by atoms with Gasteiger partial charge in [-0.2, -0.15) is 0 Å². The zero-order chi connectivity index (χ0) is 26.8. The molecule has 1 heterocycles. The number of anilines is 3. The van der Waals surface area contributed by atoms with Crippen molar-refractivity contribution in [3.63, 3.8) is 0 Å². The third kappa shape index (κ3) is 4.74. The Morgan fingerprint density at radius 3 is 2.45 bits per heavy atom. The van der Waals surface area contributed by atoms with Crippen LogP contribution in [0, 0.1) is 0 Å². The van der Waals surface area contributed by atoms with Gasteiger partial charge in [0.15, 0.2) is 0 Å². The number of hydrogen-bond donors (Lipinski definition) is 3. The van der Waals surface area contributed by atoms with E-state index in [0.717, 1.165) is 5.56 Å². The lowest BCUT2D eigenvalue weighted by molar-refractivity contribution is 0.0997. The fourth-order valence-corrected chi connectivity index (χ4v) is 4.20. The van der Waals surface area contributed by atoms with Gasteiger partial charge in [0.25, 0.3) is 16.8 Å². The molecule has 0 bridgehead atoms. The highest BCUT2D eigenvalue weighted by Gasteiger charge is 2.22. The van der Waals surface area contributed by atoms with Crippen LogP contribution in [-0.2, 0) is 6.54 Å². The van der Waals surface area contributed by atoms with Crippen molar-refractivity contribution in [3.05, 3.63) is 110 Å². The lowest BCUT2D eigenvalue weighted by Gasteiger charge is -2.16. The number of rotatable bonds is 9. The molecule has 5 rings (SSSR count). The number of benzene rings is 3. The Balaban J connectivity index is 1.37. The predicted octanol–water partition coefficient (Wildman–Crippen LogP) is 4.74. The van der Waals surface area contributed by atoms with Crippen LogP contribution in [0.4, 0.5) is 17.1 Å². The van der Waals surface area contributed by atoms with Crippen molar-refractivity contribution in [2.24, 2.45) is 5.73 Å². The average Bonchev–Trinajstić information content (AvgIpc) is 2.93. The molecule has 9 nitrogen and oxygen atoms in total. The maximum Gasteiger partial charge on any atom is 0.253 e. The minimum Gasteiger partial charge on any atom is -0.496 e. The molecule has 0 saturated carbocycles. The Bertz CT molecular complexity index is 1750. The molecule has 0 unspecified atom stereocenters. The van der Waals surface area contributed by atoms with E-state index in [4.69, 9.17) is 26.8 Å². The number of amides is 1. The molecule has 4 N–H and O–H groups in total. The SMILES string of the molecule is COc1cc2nccc(Oc3ccc(Nc4c(NCc5ccccc5)c(=O)c4=O)c(Cl)c3)c2cc1C(N)=O. The van der Waals surface area contributed by atoms with Gasteiger partial charge in [0.05, 0.1) is 28.9 Å². The summed E-state index contributed by atoms with van der Waals surface area (Å²) in [4.78, 5) is 40.5. The lowest BCUT2D eigenvalue weighted by atomic mass is 10.1. The van der Waals surface area contributed by atoms with Crippen LogP contribution in [0.3, 0.4) is 0 Å². The second-order valence-electron chi connectivity index (χ2n) is 8.36. The molecule has 0 fully saturated rings. The number of nitrogens with zero attached hydrogens (tertiary/aromatic N) is 1. The quantitative estimate of drug-likeness (QED) is 0.234. The van der Waals surface area contributed by atoms with Gasteiger partial charge >= 0.3 is 0 Å². The molecule has 1 amide bonds. The molecule has 0 saturated heterocycles. The molecule has 10 heteroatoms. The van der Waals surface area contributed by atoms with Crippen molar-refractivity contribution >= 4 is 45.5 Å². The van der Waals surface area contributed by atoms with Gasteiger partial charge in [0, 0.05) is 30.3 Å². The van der Waals surface area contributed by atoms with Crippen molar-refractivity contribution in [1.29, 1.82) is 0 Å². The lowest BCUT2D eigenvalue weighted by Crippen LogP contribution is -2.36. The van der Waals surface area contributed by atoms with Crippen LogP contribution in [0.25, 0.3) is 10.9 Å². The Morgan fingerprint density at radius 1 is 0.974 bits per heavy atom. The van der Waals surface area contributed by atoms with Gasteiger partial charge in [0.2, 0.25) is 0 Å². The maximum absolute atomic E-state index is 12.2. The van der Waals surface area contributed by atoms with Gasteiger partial charge in [-0.05, 0) is 29.8 Å². The van der Waals surface area contributed by atoms with Crippen LogP contribution in [0.5, 0.6) is 17.2 Å². The van der Waals surface area contributed by atoms with Crippen molar-refractivity contribution in [3.8, 4) is 17.2 Å². The first-order valence-corrected chi connectivity index (χ1v) is 11.9. The summed E-state index contributed by atoms with van der Waals surface area (Å²) in [6, 6.07) is 19.2. The van der Waals surface area contributed by atoms with E-state index in [2.05, 4.69) is 15.6 Å². The number of nitrogens with one attached hydrogen (secondary N) is 2. The van der Waals surface area contributed by atoms with E-state index in [1.54, 1.807) is 42.6 Å². The summed E-state index contributed by atoms with van der Waals surface area (Å²) in [5.41, 5.74) is 6.77. The van der Waals surface area contributed by atoms with Gasteiger partial charge in [-0.25, -0.2) is 0 Å². The number of fused-ring (bicyclic) bond motifs is 1.